The summed E-state index contributed by atoms with van der Waals surface area (Å²) in [5.74, 6) is -1.77. The maximum atomic E-state index is 14.5. The molecular weight excluding hydrogens is 496 g/mol. The number of methoxy groups -OCH3 is 1. The summed E-state index contributed by atoms with van der Waals surface area (Å²) < 4.78 is 39.2. The number of ether oxygens (including phenoxy) is 2. The number of rotatable bonds is 5. The van der Waals surface area contributed by atoms with Gasteiger partial charge in [-0.1, -0.05) is 0 Å². The van der Waals surface area contributed by atoms with Crippen molar-refractivity contribution in [3.63, 3.8) is 0 Å². The van der Waals surface area contributed by atoms with Gasteiger partial charge >= 0.3 is 6.09 Å². The molecule has 1 aliphatic rings. The Labute approximate surface area is 219 Å². The number of carbonyl (C=O) groups excluding carboxylic acids is 2. The van der Waals surface area contributed by atoms with E-state index in [9.17, 15) is 18.4 Å². The number of halogens is 2. The lowest BCUT2D eigenvalue weighted by Gasteiger charge is -2.27. The largest absolute Gasteiger partial charge is 0.495 e. The lowest BCUT2D eigenvalue weighted by atomic mass is 10.1. The Morgan fingerprint density at radius 2 is 1.84 bits per heavy atom. The summed E-state index contributed by atoms with van der Waals surface area (Å²) >= 11 is 0. The lowest BCUT2D eigenvalue weighted by molar-refractivity contribution is 0.0263. The van der Waals surface area contributed by atoms with Crippen LogP contribution in [0.1, 0.15) is 37.6 Å². The number of fused-ring (bicyclic) bond motifs is 1. The van der Waals surface area contributed by atoms with Crippen LogP contribution >= 0.6 is 0 Å². The molecule has 0 saturated carbocycles. The quantitative estimate of drug-likeness (QED) is 0.490. The SMILES string of the molecule is COc1cc2ncc(C(N)=O)c(Nc3ccc(F)cc3F)c2cc1N1CCCN(C(=O)OC(C)(C)C)CC1. The third-order valence-corrected chi connectivity index (χ3v) is 6.11. The average molecular weight is 528 g/mol. The number of pyridine rings is 1. The predicted octanol–water partition coefficient (Wildman–Crippen LogP) is 4.81. The van der Waals surface area contributed by atoms with Crippen LogP contribution in [0, 0.1) is 11.6 Å². The van der Waals surface area contributed by atoms with Gasteiger partial charge < -0.3 is 30.3 Å². The highest BCUT2D eigenvalue weighted by Crippen LogP contribution is 2.38. The predicted molar refractivity (Wildman–Crippen MR) is 141 cm³/mol. The highest BCUT2D eigenvalue weighted by molar-refractivity contribution is 6.08. The number of aromatic nitrogens is 1. The number of hydrogen-bond donors (Lipinski definition) is 2. The number of benzene rings is 2. The van der Waals surface area contributed by atoms with E-state index in [1.807, 2.05) is 20.8 Å². The van der Waals surface area contributed by atoms with Crippen molar-refractivity contribution in [2.75, 3.05) is 43.5 Å². The second-order valence-electron chi connectivity index (χ2n) is 10.0. The molecule has 38 heavy (non-hydrogen) atoms. The van der Waals surface area contributed by atoms with Crippen molar-refractivity contribution in [1.82, 2.24) is 9.88 Å². The van der Waals surface area contributed by atoms with Crippen LogP contribution in [0.25, 0.3) is 10.9 Å². The van der Waals surface area contributed by atoms with Gasteiger partial charge in [-0.25, -0.2) is 13.6 Å². The van der Waals surface area contributed by atoms with Crippen LogP contribution in [0.4, 0.5) is 30.6 Å². The summed E-state index contributed by atoms with van der Waals surface area (Å²) in [6, 6.07) is 6.61. The zero-order valence-electron chi connectivity index (χ0n) is 21.8. The summed E-state index contributed by atoms with van der Waals surface area (Å²) in [5, 5.41) is 3.40. The summed E-state index contributed by atoms with van der Waals surface area (Å²) in [6.07, 6.45) is 1.62. The molecule has 0 radical (unpaired) electrons. The number of nitrogens with one attached hydrogen (secondary N) is 1. The van der Waals surface area contributed by atoms with Crippen LogP contribution in [-0.2, 0) is 4.74 Å². The third kappa shape index (κ3) is 5.87. The van der Waals surface area contributed by atoms with Crippen molar-refractivity contribution in [1.29, 1.82) is 0 Å². The topological polar surface area (TPSA) is 110 Å². The minimum Gasteiger partial charge on any atom is -0.495 e. The van der Waals surface area contributed by atoms with Crippen molar-refractivity contribution in [2.24, 2.45) is 5.73 Å². The first-order valence-electron chi connectivity index (χ1n) is 12.2. The van der Waals surface area contributed by atoms with Crippen molar-refractivity contribution >= 4 is 40.0 Å². The van der Waals surface area contributed by atoms with E-state index in [2.05, 4.69) is 15.2 Å². The van der Waals surface area contributed by atoms with E-state index < -0.39 is 23.1 Å². The molecule has 0 bridgehead atoms. The summed E-state index contributed by atoms with van der Waals surface area (Å²) in [4.78, 5) is 33.0. The second kappa shape index (κ2) is 10.7. The second-order valence-corrected chi connectivity index (χ2v) is 10.0. The summed E-state index contributed by atoms with van der Waals surface area (Å²) in [7, 11) is 1.54. The van der Waals surface area contributed by atoms with Gasteiger partial charge in [-0.3, -0.25) is 9.78 Å². The van der Waals surface area contributed by atoms with E-state index >= 15 is 0 Å². The molecule has 1 fully saturated rings. The Balaban J connectivity index is 1.74. The molecule has 9 nitrogen and oxygen atoms in total. The molecule has 202 valence electrons. The third-order valence-electron chi connectivity index (χ3n) is 6.11. The van der Waals surface area contributed by atoms with Crippen LogP contribution in [0.2, 0.25) is 0 Å². The van der Waals surface area contributed by atoms with Crippen LogP contribution in [0.3, 0.4) is 0 Å². The van der Waals surface area contributed by atoms with E-state index in [-0.39, 0.29) is 23.0 Å². The molecule has 4 rings (SSSR count). The molecule has 2 aromatic carbocycles. The first-order chi connectivity index (χ1) is 18.0. The van der Waals surface area contributed by atoms with E-state index in [1.54, 1.807) is 24.1 Å². The zero-order chi connectivity index (χ0) is 27.6. The van der Waals surface area contributed by atoms with Gasteiger partial charge in [-0.15, -0.1) is 0 Å². The highest BCUT2D eigenvalue weighted by Gasteiger charge is 2.26. The van der Waals surface area contributed by atoms with Gasteiger partial charge in [0.15, 0.2) is 0 Å². The molecule has 2 heterocycles. The van der Waals surface area contributed by atoms with E-state index in [0.717, 1.165) is 12.1 Å². The normalized spacial score (nSPS) is 14.3. The van der Waals surface area contributed by atoms with Gasteiger partial charge in [0.2, 0.25) is 0 Å². The maximum Gasteiger partial charge on any atom is 0.410 e. The fourth-order valence-electron chi connectivity index (χ4n) is 4.33. The minimum absolute atomic E-state index is 0.0263. The smallest absolute Gasteiger partial charge is 0.410 e. The van der Waals surface area contributed by atoms with E-state index in [0.29, 0.717) is 54.9 Å². The number of primary amides is 1. The van der Waals surface area contributed by atoms with Crippen LogP contribution in [-0.4, -0.2) is 60.8 Å². The van der Waals surface area contributed by atoms with Gasteiger partial charge in [-0.05, 0) is 45.4 Å². The average Bonchev–Trinajstić information content (AvgIpc) is 3.10. The zero-order valence-corrected chi connectivity index (χ0v) is 21.8. The van der Waals surface area contributed by atoms with Crippen LogP contribution < -0.4 is 20.7 Å². The highest BCUT2D eigenvalue weighted by atomic mass is 19.1. The number of nitrogens with zero attached hydrogens (tertiary/aromatic N) is 3. The van der Waals surface area contributed by atoms with Gasteiger partial charge in [0.1, 0.15) is 23.0 Å². The number of nitrogens with two attached hydrogens (primary N) is 1. The molecule has 0 aliphatic carbocycles. The van der Waals surface area contributed by atoms with Gasteiger partial charge in [0.25, 0.3) is 5.91 Å². The molecule has 11 heteroatoms. The number of anilines is 3. The van der Waals surface area contributed by atoms with Gasteiger partial charge in [0, 0.05) is 49.9 Å². The van der Waals surface area contributed by atoms with E-state index in [1.165, 1.54) is 12.3 Å². The summed E-state index contributed by atoms with van der Waals surface area (Å²) in [5.41, 5.74) is 6.46. The standard InChI is InChI=1S/C27H31F2N5O4/c1-27(2,3)38-26(36)34-9-5-8-33(10-11-34)22-13-17-21(14-23(22)37-4)31-15-18(25(30)35)24(17)32-20-7-6-16(28)12-19(20)29/h6-7,12-15H,5,8-11H2,1-4H3,(H2,30,35)(H,31,32). The van der Waals surface area contributed by atoms with Crippen LogP contribution in [0.15, 0.2) is 36.5 Å². The molecule has 3 N–H and O–H groups in total. The lowest BCUT2D eigenvalue weighted by Crippen LogP contribution is -2.39. The molecule has 2 amide bonds. The van der Waals surface area contributed by atoms with Crippen LogP contribution in [0.5, 0.6) is 5.75 Å². The van der Waals surface area contributed by atoms with E-state index in [4.69, 9.17) is 15.2 Å². The molecule has 0 spiro atoms. The Morgan fingerprint density at radius 1 is 1.08 bits per heavy atom. The molecular formula is C27H31F2N5O4. The van der Waals surface area contributed by atoms with Crippen molar-refractivity contribution in [3.8, 4) is 5.75 Å². The molecule has 0 atom stereocenters. The maximum absolute atomic E-state index is 14.5. The molecule has 0 unspecified atom stereocenters. The Morgan fingerprint density at radius 3 is 2.50 bits per heavy atom. The Kier molecular flexibility index (Phi) is 7.56. The first kappa shape index (κ1) is 26.9. The van der Waals surface area contributed by atoms with Crippen molar-refractivity contribution in [2.45, 2.75) is 32.8 Å². The van der Waals surface area contributed by atoms with Gasteiger partial charge in [0.05, 0.1) is 35.3 Å². The van der Waals surface area contributed by atoms with Crippen molar-refractivity contribution in [3.05, 3.63) is 53.7 Å². The molecule has 3 aromatic rings. The number of amides is 2. The summed E-state index contributed by atoms with van der Waals surface area (Å²) in [6.45, 7) is 7.57. The number of carbonyl (C=O) groups is 2. The molecule has 1 aromatic heterocycles. The minimum atomic E-state index is -0.825. The van der Waals surface area contributed by atoms with Gasteiger partial charge in [-0.2, -0.15) is 0 Å². The first-order valence-corrected chi connectivity index (χ1v) is 12.2. The fraction of sp³-hybridized carbons (Fsp3) is 0.370. The monoisotopic (exact) mass is 527 g/mol. The Hall–Kier alpha value is -4.15. The molecule has 1 saturated heterocycles. The van der Waals surface area contributed by atoms with Crippen molar-refractivity contribution < 1.29 is 27.8 Å². The number of hydrogen-bond acceptors (Lipinski definition) is 7. The Bertz CT molecular complexity index is 1380. The molecule has 1 aliphatic heterocycles. The fourth-order valence-corrected chi connectivity index (χ4v) is 4.33.